The fraction of sp³-hybridized carbons (Fsp3) is 0.118. The number of benzene rings is 2. The third-order valence-electron chi connectivity index (χ3n) is 3.75. The van der Waals surface area contributed by atoms with E-state index in [1.807, 2.05) is 12.1 Å². The molecule has 0 spiro atoms. The molecule has 1 aliphatic rings. The van der Waals surface area contributed by atoms with Crippen molar-refractivity contribution in [3.63, 3.8) is 0 Å². The number of fused-ring (bicyclic) bond motifs is 1. The Labute approximate surface area is 134 Å². The lowest BCUT2D eigenvalue weighted by Gasteiger charge is -2.33. The highest BCUT2D eigenvalue weighted by Crippen LogP contribution is 2.36. The number of hydrogen-bond acceptors (Lipinski definition) is 3. The van der Waals surface area contributed by atoms with Crippen molar-refractivity contribution in [3.8, 4) is 0 Å². The summed E-state index contributed by atoms with van der Waals surface area (Å²) in [6.45, 7) is 0. The molecule has 2 aromatic carbocycles. The second-order valence-electron chi connectivity index (χ2n) is 5.21. The van der Waals surface area contributed by atoms with Crippen molar-refractivity contribution in [1.29, 1.82) is 0 Å². The predicted octanol–water partition coefficient (Wildman–Crippen LogP) is 2.88. The maximum absolute atomic E-state index is 12.9. The molecule has 2 aromatic rings. The summed E-state index contributed by atoms with van der Waals surface area (Å²) in [5, 5.41) is 9.20. The van der Waals surface area contributed by atoms with Crippen molar-refractivity contribution in [2.45, 2.75) is 17.4 Å². The van der Waals surface area contributed by atoms with Crippen LogP contribution in [-0.2, 0) is 14.8 Å². The minimum absolute atomic E-state index is 0.138. The number of sulfonamides is 1. The molecule has 1 atom stereocenters. The summed E-state index contributed by atoms with van der Waals surface area (Å²) in [5.74, 6) is -1.05. The van der Waals surface area contributed by atoms with Gasteiger partial charge in [-0.25, -0.2) is 8.42 Å². The van der Waals surface area contributed by atoms with E-state index in [1.165, 1.54) is 18.3 Å². The van der Waals surface area contributed by atoms with Crippen LogP contribution in [0.3, 0.4) is 0 Å². The minimum atomic E-state index is -3.82. The van der Waals surface area contributed by atoms with Crippen LogP contribution in [0.15, 0.2) is 65.7 Å². The van der Waals surface area contributed by atoms with Gasteiger partial charge in [-0.15, -0.1) is 0 Å². The summed E-state index contributed by atoms with van der Waals surface area (Å²) in [6, 6.07) is 14.5. The molecule has 0 radical (unpaired) electrons. The van der Waals surface area contributed by atoms with Crippen molar-refractivity contribution in [2.24, 2.45) is 0 Å². The molecular formula is C17H15NO4S. The van der Waals surface area contributed by atoms with Crippen LogP contribution in [0.5, 0.6) is 0 Å². The molecule has 0 amide bonds. The number of aliphatic carboxylic acids is 1. The second kappa shape index (κ2) is 5.89. The third kappa shape index (κ3) is 2.85. The Balaban J connectivity index is 2.10. The van der Waals surface area contributed by atoms with E-state index < -0.39 is 22.0 Å². The topological polar surface area (TPSA) is 74.7 Å². The fourth-order valence-electron chi connectivity index (χ4n) is 2.69. The van der Waals surface area contributed by atoms with Gasteiger partial charge in [0.2, 0.25) is 0 Å². The van der Waals surface area contributed by atoms with Gasteiger partial charge in [0, 0.05) is 6.20 Å². The van der Waals surface area contributed by atoms with Crippen molar-refractivity contribution < 1.29 is 18.3 Å². The number of nitrogens with zero attached hydrogens (tertiary/aromatic N) is 1. The Bertz CT molecular complexity index is 859. The number of rotatable bonds is 4. The minimum Gasteiger partial charge on any atom is -0.481 e. The van der Waals surface area contributed by atoms with Gasteiger partial charge in [0.25, 0.3) is 10.0 Å². The SMILES string of the molecule is O=C(O)CC1c2ccccc2C=CN1S(=O)(=O)c1ccccc1. The fourth-order valence-corrected chi connectivity index (χ4v) is 4.18. The Kier molecular flexibility index (Phi) is 3.92. The van der Waals surface area contributed by atoms with Crippen molar-refractivity contribution in [1.82, 2.24) is 4.31 Å². The molecule has 0 fully saturated rings. The lowest BCUT2D eigenvalue weighted by molar-refractivity contribution is -0.137. The van der Waals surface area contributed by atoms with Crippen LogP contribution in [0, 0.1) is 0 Å². The zero-order valence-corrected chi connectivity index (χ0v) is 13.0. The van der Waals surface area contributed by atoms with E-state index in [0.29, 0.717) is 5.56 Å². The molecule has 0 aromatic heterocycles. The molecule has 0 saturated heterocycles. The van der Waals surface area contributed by atoms with Gasteiger partial charge in [-0.05, 0) is 29.3 Å². The predicted molar refractivity (Wildman–Crippen MR) is 85.9 cm³/mol. The second-order valence-corrected chi connectivity index (χ2v) is 7.05. The highest BCUT2D eigenvalue weighted by atomic mass is 32.2. The molecule has 23 heavy (non-hydrogen) atoms. The van der Waals surface area contributed by atoms with Gasteiger partial charge in [0.15, 0.2) is 0 Å². The zero-order valence-electron chi connectivity index (χ0n) is 12.2. The third-order valence-corrected chi connectivity index (χ3v) is 5.55. The highest BCUT2D eigenvalue weighted by Gasteiger charge is 2.34. The number of hydrogen-bond donors (Lipinski definition) is 1. The first-order chi connectivity index (χ1) is 11.0. The zero-order chi connectivity index (χ0) is 16.4. The van der Waals surface area contributed by atoms with Crippen LogP contribution in [-0.4, -0.2) is 23.8 Å². The molecule has 0 saturated carbocycles. The number of carbonyl (C=O) groups is 1. The van der Waals surface area contributed by atoms with Crippen LogP contribution in [0.2, 0.25) is 0 Å². The Morgan fingerprint density at radius 1 is 1.04 bits per heavy atom. The molecule has 1 aliphatic heterocycles. The average Bonchev–Trinajstić information content (AvgIpc) is 2.55. The summed E-state index contributed by atoms with van der Waals surface area (Å²) >= 11 is 0. The largest absolute Gasteiger partial charge is 0.481 e. The first-order valence-corrected chi connectivity index (χ1v) is 8.51. The Hall–Kier alpha value is -2.60. The van der Waals surface area contributed by atoms with Gasteiger partial charge in [-0.3, -0.25) is 9.10 Å². The van der Waals surface area contributed by atoms with Gasteiger partial charge in [-0.2, -0.15) is 0 Å². The van der Waals surface area contributed by atoms with Crippen LogP contribution in [0.1, 0.15) is 23.6 Å². The van der Waals surface area contributed by atoms with Gasteiger partial charge >= 0.3 is 5.97 Å². The molecule has 1 heterocycles. The molecule has 0 aliphatic carbocycles. The summed E-state index contributed by atoms with van der Waals surface area (Å²) in [4.78, 5) is 11.4. The molecule has 118 valence electrons. The van der Waals surface area contributed by atoms with E-state index >= 15 is 0 Å². The molecule has 1 N–H and O–H groups in total. The van der Waals surface area contributed by atoms with Gasteiger partial charge in [0.1, 0.15) is 0 Å². The summed E-state index contributed by atoms with van der Waals surface area (Å²) in [5.41, 5.74) is 1.52. The van der Waals surface area contributed by atoms with Crippen LogP contribution >= 0.6 is 0 Å². The van der Waals surface area contributed by atoms with Crippen molar-refractivity contribution >= 4 is 22.1 Å². The molecule has 3 rings (SSSR count). The number of carboxylic acids is 1. The molecule has 0 bridgehead atoms. The first kappa shape index (κ1) is 15.3. The molecular weight excluding hydrogens is 314 g/mol. The smallest absolute Gasteiger partial charge is 0.305 e. The van der Waals surface area contributed by atoms with Crippen LogP contribution in [0.4, 0.5) is 0 Å². The van der Waals surface area contributed by atoms with E-state index in [9.17, 15) is 18.3 Å². The van der Waals surface area contributed by atoms with E-state index in [-0.39, 0.29) is 11.3 Å². The Morgan fingerprint density at radius 3 is 2.39 bits per heavy atom. The molecule has 6 heteroatoms. The lowest BCUT2D eigenvalue weighted by Crippen LogP contribution is -2.33. The summed E-state index contributed by atoms with van der Waals surface area (Å²) in [6.07, 6.45) is 2.83. The normalized spacial score (nSPS) is 16.9. The van der Waals surface area contributed by atoms with Gasteiger partial charge < -0.3 is 5.11 Å². The van der Waals surface area contributed by atoms with E-state index in [4.69, 9.17) is 0 Å². The lowest BCUT2D eigenvalue weighted by atomic mass is 9.96. The molecule has 1 unspecified atom stereocenters. The van der Waals surface area contributed by atoms with E-state index in [0.717, 1.165) is 9.87 Å². The summed E-state index contributed by atoms with van der Waals surface area (Å²) in [7, 11) is -3.82. The van der Waals surface area contributed by atoms with E-state index in [2.05, 4.69) is 0 Å². The van der Waals surface area contributed by atoms with Gasteiger partial charge in [-0.1, -0.05) is 42.5 Å². The first-order valence-electron chi connectivity index (χ1n) is 7.07. The van der Waals surface area contributed by atoms with Crippen LogP contribution in [0.25, 0.3) is 6.08 Å². The average molecular weight is 329 g/mol. The number of carboxylic acid groups (broad SMARTS) is 1. The van der Waals surface area contributed by atoms with Crippen molar-refractivity contribution in [2.75, 3.05) is 0 Å². The summed E-state index contributed by atoms with van der Waals surface area (Å²) < 4.78 is 26.9. The molecule has 5 nitrogen and oxygen atoms in total. The van der Waals surface area contributed by atoms with E-state index in [1.54, 1.807) is 36.4 Å². The standard InChI is InChI=1S/C17H15NO4S/c19-17(20)12-16-15-9-5-4-6-13(15)10-11-18(16)23(21,22)14-7-2-1-3-8-14/h1-11,16H,12H2,(H,19,20). The Morgan fingerprint density at radius 2 is 1.70 bits per heavy atom. The van der Waals surface area contributed by atoms with Crippen molar-refractivity contribution in [3.05, 3.63) is 71.9 Å². The maximum Gasteiger partial charge on any atom is 0.305 e. The quantitative estimate of drug-likeness (QED) is 0.936. The monoisotopic (exact) mass is 329 g/mol. The van der Waals surface area contributed by atoms with Gasteiger partial charge in [0.05, 0.1) is 17.4 Å². The highest BCUT2D eigenvalue weighted by molar-refractivity contribution is 7.89. The maximum atomic E-state index is 12.9. The van der Waals surface area contributed by atoms with Crippen LogP contribution < -0.4 is 0 Å².